The van der Waals surface area contributed by atoms with E-state index in [1.807, 2.05) is 66.7 Å². The molecule has 0 radical (unpaired) electrons. The van der Waals surface area contributed by atoms with Crippen molar-refractivity contribution in [3.05, 3.63) is 164 Å². The van der Waals surface area contributed by atoms with Crippen LogP contribution in [0.1, 0.15) is 0 Å². The number of aromatic nitrogens is 3. The highest BCUT2D eigenvalue weighted by atomic mass is 16.3. The second-order valence-electron chi connectivity index (χ2n) is 12.4. The van der Waals surface area contributed by atoms with Crippen LogP contribution in [0.25, 0.3) is 100 Å². The molecular weight excluding hydrogens is 615 g/mol. The zero-order valence-electron chi connectivity index (χ0n) is 26.7. The first-order valence-corrected chi connectivity index (χ1v) is 16.6. The molecule has 3 aromatic heterocycles. The van der Waals surface area contributed by atoms with Crippen LogP contribution in [-0.4, -0.2) is 15.0 Å². The van der Waals surface area contributed by atoms with E-state index in [9.17, 15) is 0 Å². The first-order valence-electron chi connectivity index (χ1n) is 16.6. The van der Waals surface area contributed by atoms with E-state index in [0.29, 0.717) is 17.5 Å². The maximum absolute atomic E-state index is 6.60. The van der Waals surface area contributed by atoms with Crippen LogP contribution in [0, 0.1) is 0 Å². The van der Waals surface area contributed by atoms with Crippen molar-refractivity contribution in [2.75, 3.05) is 0 Å². The number of benzene rings is 7. The topological polar surface area (TPSA) is 65.0 Å². The predicted molar refractivity (Wildman–Crippen MR) is 202 cm³/mol. The van der Waals surface area contributed by atoms with E-state index in [2.05, 4.69) is 97.1 Å². The molecule has 0 fully saturated rings. The smallest absolute Gasteiger partial charge is 0.164 e. The molecular formula is C45H27N3O2. The van der Waals surface area contributed by atoms with Gasteiger partial charge in [0.25, 0.3) is 0 Å². The number of fused-ring (bicyclic) bond motifs is 6. The van der Waals surface area contributed by atoms with Crippen LogP contribution in [0.5, 0.6) is 0 Å². The molecule has 5 nitrogen and oxygen atoms in total. The molecule has 3 heterocycles. The lowest BCUT2D eigenvalue weighted by atomic mass is 9.99. The van der Waals surface area contributed by atoms with Crippen molar-refractivity contribution >= 4 is 43.9 Å². The van der Waals surface area contributed by atoms with E-state index in [0.717, 1.165) is 82.8 Å². The Morgan fingerprint density at radius 3 is 1.48 bits per heavy atom. The summed E-state index contributed by atoms with van der Waals surface area (Å²) in [6, 6.07) is 55.7. The van der Waals surface area contributed by atoms with Crippen molar-refractivity contribution < 1.29 is 8.83 Å². The number of hydrogen-bond acceptors (Lipinski definition) is 5. The summed E-state index contributed by atoms with van der Waals surface area (Å²) in [6.45, 7) is 0. The zero-order valence-corrected chi connectivity index (χ0v) is 26.7. The van der Waals surface area contributed by atoms with Gasteiger partial charge >= 0.3 is 0 Å². The minimum atomic E-state index is 0.596. The molecule has 0 aliphatic carbocycles. The van der Waals surface area contributed by atoms with Crippen molar-refractivity contribution in [3.8, 4) is 56.4 Å². The average Bonchev–Trinajstić information content (AvgIpc) is 3.77. The molecule has 0 amide bonds. The largest absolute Gasteiger partial charge is 0.455 e. The Hall–Kier alpha value is -6.85. The molecule has 7 aromatic carbocycles. The van der Waals surface area contributed by atoms with Crippen molar-refractivity contribution in [2.24, 2.45) is 0 Å². The van der Waals surface area contributed by atoms with Gasteiger partial charge in [-0.15, -0.1) is 0 Å². The van der Waals surface area contributed by atoms with Crippen LogP contribution in [0.3, 0.4) is 0 Å². The molecule has 234 valence electrons. The average molecular weight is 642 g/mol. The third kappa shape index (κ3) is 4.67. The van der Waals surface area contributed by atoms with Crippen LogP contribution in [0.2, 0.25) is 0 Å². The summed E-state index contributed by atoms with van der Waals surface area (Å²) in [5.41, 5.74) is 10.3. The summed E-state index contributed by atoms with van der Waals surface area (Å²) >= 11 is 0. The lowest BCUT2D eigenvalue weighted by Crippen LogP contribution is -2.00. The van der Waals surface area contributed by atoms with Crippen molar-refractivity contribution in [3.63, 3.8) is 0 Å². The highest BCUT2D eigenvalue weighted by Gasteiger charge is 2.19. The minimum absolute atomic E-state index is 0.596. The monoisotopic (exact) mass is 641 g/mol. The van der Waals surface area contributed by atoms with Gasteiger partial charge in [0.05, 0.1) is 0 Å². The standard InChI is InChI=1S/C45H27N3O2/c1-3-12-28(13-4-1)30-16-9-17-31(26-30)44-46-43(29-14-5-2-6-15-29)47-45(48-44)32-24-25-40-38(27-32)37-22-11-21-36(42(37)50-40)35-20-10-19-34-33-18-7-8-23-39(33)49-41(34)35/h1-27H. The molecule has 50 heavy (non-hydrogen) atoms. The first-order chi connectivity index (χ1) is 24.8. The molecule has 0 aliphatic rings. The molecule has 0 spiro atoms. The first kappa shape index (κ1) is 28.2. The Morgan fingerprint density at radius 1 is 0.300 bits per heavy atom. The Labute approximate surface area is 287 Å². The lowest BCUT2D eigenvalue weighted by Gasteiger charge is -2.10. The summed E-state index contributed by atoms with van der Waals surface area (Å²) in [5, 5.41) is 4.19. The van der Waals surface area contributed by atoms with Crippen LogP contribution < -0.4 is 0 Å². The number of rotatable bonds is 5. The van der Waals surface area contributed by atoms with Gasteiger partial charge in [0.2, 0.25) is 0 Å². The highest BCUT2D eigenvalue weighted by Crippen LogP contribution is 2.41. The Morgan fingerprint density at radius 2 is 0.780 bits per heavy atom. The summed E-state index contributed by atoms with van der Waals surface area (Å²) in [7, 11) is 0. The fraction of sp³-hybridized carbons (Fsp3) is 0. The van der Waals surface area contributed by atoms with E-state index in [1.165, 1.54) is 0 Å². The Bertz CT molecular complexity index is 2870. The molecule has 5 heteroatoms. The van der Waals surface area contributed by atoms with Crippen LogP contribution in [-0.2, 0) is 0 Å². The molecule has 0 saturated carbocycles. The maximum Gasteiger partial charge on any atom is 0.164 e. The van der Waals surface area contributed by atoms with Crippen molar-refractivity contribution in [1.29, 1.82) is 0 Å². The molecule has 0 bridgehead atoms. The van der Waals surface area contributed by atoms with Crippen molar-refractivity contribution in [2.45, 2.75) is 0 Å². The van der Waals surface area contributed by atoms with Gasteiger partial charge in [-0.1, -0.05) is 133 Å². The van der Waals surface area contributed by atoms with Gasteiger partial charge in [0.15, 0.2) is 17.5 Å². The molecule has 10 rings (SSSR count). The second kappa shape index (κ2) is 11.4. The molecule has 0 N–H and O–H groups in total. The van der Waals surface area contributed by atoms with Crippen LogP contribution in [0.15, 0.2) is 173 Å². The maximum atomic E-state index is 6.60. The number of para-hydroxylation sites is 3. The highest BCUT2D eigenvalue weighted by molar-refractivity contribution is 6.15. The lowest BCUT2D eigenvalue weighted by molar-refractivity contribution is 0.665. The summed E-state index contributed by atoms with van der Waals surface area (Å²) in [5.74, 6) is 1.83. The van der Waals surface area contributed by atoms with Gasteiger partial charge in [-0.2, -0.15) is 0 Å². The van der Waals surface area contributed by atoms with Crippen LogP contribution in [0.4, 0.5) is 0 Å². The van der Waals surface area contributed by atoms with Gasteiger partial charge < -0.3 is 8.83 Å². The molecule has 0 aliphatic heterocycles. The SMILES string of the molecule is c1ccc(-c2cccc(-c3nc(-c4ccccc4)nc(-c4ccc5oc6c(-c7cccc8c7oc7ccccc78)cccc6c5c4)n3)c2)cc1. The summed E-state index contributed by atoms with van der Waals surface area (Å²) in [6.07, 6.45) is 0. The quantitative estimate of drug-likeness (QED) is 0.187. The second-order valence-corrected chi connectivity index (χ2v) is 12.4. The third-order valence-corrected chi connectivity index (χ3v) is 9.34. The van der Waals surface area contributed by atoms with E-state index in [4.69, 9.17) is 23.8 Å². The van der Waals surface area contributed by atoms with Gasteiger partial charge in [-0.3, -0.25) is 0 Å². The zero-order chi connectivity index (χ0) is 33.0. The summed E-state index contributed by atoms with van der Waals surface area (Å²) in [4.78, 5) is 15.0. The Balaban J connectivity index is 1.13. The van der Waals surface area contributed by atoms with Gasteiger partial charge in [-0.05, 0) is 41.5 Å². The molecule has 0 unspecified atom stereocenters. The van der Waals surface area contributed by atoms with Gasteiger partial charge in [0.1, 0.15) is 22.3 Å². The van der Waals surface area contributed by atoms with E-state index < -0.39 is 0 Å². The van der Waals surface area contributed by atoms with E-state index in [1.54, 1.807) is 0 Å². The third-order valence-electron chi connectivity index (χ3n) is 9.34. The minimum Gasteiger partial charge on any atom is -0.455 e. The van der Waals surface area contributed by atoms with Gasteiger partial charge in [-0.25, -0.2) is 15.0 Å². The predicted octanol–water partition coefficient (Wildman–Crippen LogP) is 12.0. The number of nitrogens with zero attached hydrogens (tertiary/aromatic N) is 3. The fourth-order valence-electron chi connectivity index (χ4n) is 6.93. The van der Waals surface area contributed by atoms with Crippen LogP contribution >= 0.6 is 0 Å². The number of hydrogen-bond donors (Lipinski definition) is 0. The van der Waals surface area contributed by atoms with Crippen molar-refractivity contribution in [1.82, 2.24) is 15.0 Å². The summed E-state index contributed by atoms with van der Waals surface area (Å²) < 4.78 is 13.0. The van der Waals surface area contributed by atoms with E-state index >= 15 is 0 Å². The molecule has 0 atom stereocenters. The normalized spacial score (nSPS) is 11.6. The number of furan rings is 2. The van der Waals surface area contributed by atoms with Gasteiger partial charge in [0, 0.05) is 49.4 Å². The molecule has 10 aromatic rings. The van der Waals surface area contributed by atoms with E-state index in [-0.39, 0.29) is 0 Å². The Kier molecular flexibility index (Phi) is 6.42. The molecule has 0 saturated heterocycles. The fourth-order valence-corrected chi connectivity index (χ4v) is 6.93.